The van der Waals surface area contributed by atoms with Crippen LogP contribution in [0.1, 0.15) is 27.2 Å². The molecule has 0 saturated carbocycles. The van der Waals surface area contributed by atoms with Gasteiger partial charge in [0.1, 0.15) is 17.3 Å². The molecule has 0 unspecified atom stereocenters. The lowest BCUT2D eigenvalue weighted by molar-refractivity contribution is -0.137. The molecule has 0 aliphatic rings. The first kappa shape index (κ1) is 18.0. The normalized spacial score (nSPS) is 14.8. The van der Waals surface area contributed by atoms with E-state index in [1.807, 2.05) is 12.2 Å². The number of anilines is 1. The Hall–Kier alpha value is -2.02. The van der Waals surface area contributed by atoms with Crippen LogP contribution < -0.4 is 10.6 Å². The minimum Gasteiger partial charge on any atom is -0.388 e. The Labute approximate surface area is 127 Å². The third-order valence-electron chi connectivity index (χ3n) is 3.69. The molecule has 0 radical (unpaired) electrons. The van der Waals surface area contributed by atoms with Crippen LogP contribution in [0.4, 0.5) is 14.5 Å². The van der Waals surface area contributed by atoms with E-state index in [1.165, 1.54) is 6.92 Å². The van der Waals surface area contributed by atoms with E-state index in [1.54, 1.807) is 6.92 Å². The molecule has 0 bridgehead atoms. The lowest BCUT2D eigenvalue weighted by atomic mass is 9.89. The van der Waals surface area contributed by atoms with E-state index >= 15 is 0 Å². The molecule has 2 amide bonds. The lowest BCUT2D eigenvalue weighted by Crippen LogP contribution is -2.47. The lowest BCUT2D eigenvalue weighted by Gasteiger charge is -2.29. The Morgan fingerprint density at radius 2 is 1.82 bits per heavy atom. The van der Waals surface area contributed by atoms with Crippen molar-refractivity contribution < 1.29 is 23.5 Å². The zero-order valence-electron chi connectivity index (χ0n) is 12.7. The second kappa shape index (κ2) is 7.31. The summed E-state index contributed by atoms with van der Waals surface area (Å²) < 4.78 is 26.7. The summed E-state index contributed by atoms with van der Waals surface area (Å²) in [5.41, 5.74) is -1.87. The van der Waals surface area contributed by atoms with Crippen molar-refractivity contribution in [3.63, 3.8) is 0 Å². The predicted octanol–water partition coefficient (Wildman–Crippen LogP) is 1.82. The number of para-hydroxylation sites is 1. The van der Waals surface area contributed by atoms with Crippen molar-refractivity contribution in [2.45, 2.75) is 32.8 Å². The van der Waals surface area contributed by atoms with Crippen molar-refractivity contribution in [1.29, 1.82) is 0 Å². The summed E-state index contributed by atoms with van der Waals surface area (Å²) in [5, 5.41) is 14.3. The number of hydrogen-bond acceptors (Lipinski definition) is 3. The third kappa shape index (κ3) is 4.49. The van der Waals surface area contributed by atoms with E-state index in [4.69, 9.17) is 0 Å². The van der Waals surface area contributed by atoms with E-state index in [0.29, 0.717) is 6.42 Å². The quantitative estimate of drug-likeness (QED) is 0.725. The smallest absolute Gasteiger partial charge is 0.313 e. The number of hydrogen-bond donors (Lipinski definition) is 3. The molecule has 0 saturated heterocycles. The van der Waals surface area contributed by atoms with Gasteiger partial charge in [-0.3, -0.25) is 9.59 Å². The van der Waals surface area contributed by atoms with Gasteiger partial charge in [-0.2, -0.15) is 0 Å². The van der Waals surface area contributed by atoms with Crippen molar-refractivity contribution in [1.82, 2.24) is 5.32 Å². The minimum atomic E-state index is -1.20. The summed E-state index contributed by atoms with van der Waals surface area (Å²) >= 11 is 0. The Bertz CT molecular complexity index is 541. The zero-order chi connectivity index (χ0) is 16.9. The predicted molar refractivity (Wildman–Crippen MR) is 78.1 cm³/mol. The number of carbonyl (C=O) groups excluding carboxylic acids is 2. The zero-order valence-corrected chi connectivity index (χ0v) is 12.7. The number of carbonyl (C=O) groups is 2. The first-order valence-electron chi connectivity index (χ1n) is 6.94. The largest absolute Gasteiger partial charge is 0.388 e. The van der Waals surface area contributed by atoms with Gasteiger partial charge in [0.25, 0.3) is 0 Å². The molecule has 22 heavy (non-hydrogen) atoms. The molecule has 2 atom stereocenters. The molecule has 5 nitrogen and oxygen atoms in total. The second-order valence-corrected chi connectivity index (χ2v) is 5.40. The Kier molecular flexibility index (Phi) is 5.99. The summed E-state index contributed by atoms with van der Waals surface area (Å²) in [7, 11) is 0. The van der Waals surface area contributed by atoms with Gasteiger partial charge in [0.05, 0.1) is 5.60 Å². The number of rotatable bonds is 5. The second-order valence-electron chi connectivity index (χ2n) is 5.40. The summed E-state index contributed by atoms with van der Waals surface area (Å²) in [6, 6.07) is 3.07. The van der Waals surface area contributed by atoms with Crippen molar-refractivity contribution in [3.05, 3.63) is 29.8 Å². The maximum atomic E-state index is 13.4. The fourth-order valence-corrected chi connectivity index (χ4v) is 1.74. The highest BCUT2D eigenvalue weighted by Gasteiger charge is 2.28. The van der Waals surface area contributed by atoms with Crippen molar-refractivity contribution in [3.8, 4) is 0 Å². The summed E-state index contributed by atoms with van der Waals surface area (Å²) in [6.45, 7) is 5.08. The van der Waals surface area contributed by atoms with Crippen molar-refractivity contribution >= 4 is 17.5 Å². The highest BCUT2D eigenvalue weighted by Crippen LogP contribution is 2.19. The van der Waals surface area contributed by atoms with Crippen LogP contribution in [0.3, 0.4) is 0 Å². The fourth-order valence-electron chi connectivity index (χ4n) is 1.74. The molecule has 0 spiro atoms. The van der Waals surface area contributed by atoms with Gasteiger partial charge >= 0.3 is 11.8 Å². The van der Waals surface area contributed by atoms with Crippen LogP contribution in [0.2, 0.25) is 0 Å². The number of amides is 2. The van der Waals surface area contributed by atoms with Crippen LogP contribution in [-0.4, -0.2) is 29.1 Å². The number of benzene rings is 1. The van der Waals surface area contributed by atoms with E-state index in [9.17, 15) is 23.5 Å². The molecule has 0 aliphatic carbocycles. The third-order valence-corrected chi connectivity index (χ3v) is 3.69. The van der Waals surface area contributed by atoms with E-state index in [-0.39, 0.29) is 12.5 Å². The van der Waals surface area contributed by atoms with E-state index in [2.05, 4.69) is 5.32 Å². The molecular weight excluding hydrogens is 294 g/mol. The molecule has 7 heteroatoms. The van der Waals surface area contributed by atoms with Gasteiger partial charge in [0, 0.05) is 6.54 Å². The molecule has 0 heterocycles. The van der Waals surface area contributed by atoms with Gasteiger partial charge in [0.15, 0.2) is 0 Å². The summed E-state index contributed by atoms with van der Waals surface area (Å²) in [4.78, 5) is 23.3. The molecule has 0 aromatic heterocycles. The fraction of sp³-hybridized carbons (Fsp3) is 0.467. The van der Waals surface area contributed by atoms with Gasteiger partial charge in [-0.1, -0.05) is 26.3 Å². The average Bonchev–Trinajstić information content (AvgIpc) is 2.47. The molecule has 122 valence electrons. The summed E-state index contributed by atoms with van der Waals surface area (Å²) in [6.07, 6.45) is 0.690. The summed E-state index contributed by atoms with van der Waals surface area (Å²) in [5.74, 6) is -4.34. The van der Waals surface area contributed by atoms with Crippen molar-refractivity contribution in [2.75, 3.05) is 11.9 Å². The maximum absolute atomic E-state index is 13.4. The van der Waals surface area contributed by atoms with Gasteiger partial charge in [-0.15, -0.1) is 0 Å². The maximum Gasteiger partial charge on any atom is 0.313 e. The highest BCUT2D eigenvalue weighted by atomic mass is 19.1. The Balaban J connectivity index is 2.65. The molecule has 0 fully saturated rings. The molecule has 3 N–H and O–H groups in total. The molecule has 0 aliphatic heterocycles. The van der Waals surface area contributed by atoms with Crippen LogP contribution in [0.5, 0.6) is 0 Å². The first-order valence-corrected chi connectivity index (χ1v) is 6.94. The van der Waals surface area contributed by atoms with Gasteiger partial charge in [0.2, 0.25) is 0 Å². The Morgan fingerprint density at radius 1 is 1.27 bits per heavy atom. The topological polar surface area (TPSA) is 78.4 Å². The van der Waals surface area contributed by atoms with Crippen LogP contribution in [-0.2, 0) is 9.59 Å². The number of aliphatic hydroxyl groups is 1. The highest BCUT2D eigenvalue weighted by molar-refractivity contribution is 6.39. The van der Waals surface area contributed by atoms with Gasteiger partial charge in [-0.05, 0) is 25.0 Å². The Morgan fingerprint density at radius 3 is 2.32 bits per heavy atom. The molecular formula is C15H20F2N2O3. The average molecular weight is 314 g/mol. The van der Waals surface area contributed by atoms with E-state index < -0.39 is 34.7 Å². The van der Waals surface area contributed by atoms with Gasteiger partial charge in [-0.25, -0.2) is 8.78 Å². The molecule has 1 rings (SSSR count). The molecule has 1 aromatic carbocycles. The van der Waals surface area contributed by atoms with Gasteiger partial charge < -0.3 is 15.7 Å². The number of halogens is 2. The van der Waals surface area contributed by atoms with Crippen LogP contribution >= 0.6 is 0 Å². The number of nitrogens with one attached hydrogen (secondary N) is 2. The van der Waals surface area contributed by atoms with Crippen LogP contribution in [0, 0.1) is 17.6 Å². The van der Waals surface area contributed by atoms with Crippen molar-refractivity contribution in [2.24, 2.45) is 5.92 Å². The minimum absolute atomic E-state index is 0.0973. The standard InChI is InChI=1S/C15H20F2N2O3/c1-4-9(2)15(3,22)8-18-13(20)14(21)19-12-10(16)6-5-7-11(12)17/h5-7,9,22H,4,8H2,1-3H3,(H,18,20)(H,19,21)/t9-,15-/m0/s1. The SMILES string of the molecule is CC[C@H](C)[C@@](C)(O)CNC(=O)C(=O)Nc1c(F)cccc1F. The first-order chi connectivity index (χ1) is 10.2. The monoisotopic (exact) mass is 314 g/mol. The van der Waals surface area contributed by atoms with Crippen LogP contribution in [0.15, 0.2) is 18.2 Å². The molecule has 1 aromatic rings. The van der Waals surface area contributed by atoms with Crippen LogP contribution in [0.25, 0.3) is 0 Å². The van der Waals surface area contributed by atoms with E-state index in [0.717, 1.165) is 18.2 Å².